The molecule has 1 heterocycles. The van der Waals surface area contributed by atoms with Gasteiger partial charge in [0.2, 0.25) is 5.78 Å². The van der Waals surface area contributed by atoms with Crippen LogP contribution in [-0.4, -0.2) is 28.2 Å². The molecule has 0 atom stereocenters. The van der Waals surface area contributed by atoms with E-state index < -0.39 is 10.8 Å². The van der Waals surface area contributed by atoms with Crippen LogP contribution in [-0.2, 0) is 11.3 Å². The standard InChI is InChI=1S/C19H26N2O3/c1-18(2,3)15(22)11-21-14-10-12(24-7)8-9-13(14)20-17(21)16(23)19(4,5)6/h8-10H,11H2,1-7H3. The summed E-state index contributed by atoms with van der Waals surface area (Å²) >= 11 is 0. The van der Waals surface area contributed by atoms with E-state index in [9.17, 15) is 9.59 Å². The number of Topliss-reactive ketones (excluding diaryl/α,β-unsaturated/α-hetero) is 2. The van der Waals surface area contributed by atoms with Gasteiger partial charge in [0.05, 0.1) is 24.7 Å². The van der Waals surface area contributed by atoms with E-state index in [1.165, 1.54) is 0 Å². The highest BCUT2D eigenvalue weighted by Crippen LogP contribution is 2.28. The van der Waals surface area contributed by atoms with Crippen LogP contribution in [0, 0.1) is 10.8 Å². The lowest BCUT2D eigenvalue weighted by atomic mass is 9.89. The number of aromatic nitrogens is 2. The Bertz CT molecular complexity index is 789. The molecule has 0 unspecified atom stereocenters. The maximum atomic E-state index is 12.8. The Morgan fingerprint density at radius 1 is 1.08 bits per heavy atom. The lowest BCUT2D eigenvalue weighted by molar-refractivity contribution is -0.126. The van der Waals surface area contributed by atoms with Crippen LogP contribution in [0.4, 0.5) is 0 Å². The van der Waals surface area contributed by atoms with Crippen LogP contribution in [0.2, 0.25) is 0 Å². The third-order valence-electron chi connectivity index (χ3n) is 3.98. The van der Waals surface area contributed by atoms with Crippen molar-refractivity contribution >= 4 is 22.6 Å². The topological polar surface area (TPSA) is 61.2 Å². The van der Waals surface area contributed by atoms with Gasteiger partial charge in [-0.05, 0) is 12.1 Å². The van der Waals surface area contributed by atoms with E-state index in [1.54, 1.807) is 17.7 Å². The van der Waals surface area contributed by atoms with Crippen molar-refractivity contribution in [2.24, 2.45) is 10.8 Å². The summed E-state index contributed by atoms with van der Waals surface area (Å²) in [5, 5.41) is 0. The van der Waals surface area contributed by atoms with Crippen LogP contribution in [0.25, 0.3) is 11.0 Å². The Morgan fingerprint density at radius 2 is 1.71 bits per heavy atom. The molecular weight excluding hydrogens is 304 g/mol. The van der Waals surface area contributed by atoms with Crippen molar-refractivity contribution in [1.82, 2.24) is 9.55 Å². The summed E-state index contributed by atoms with van der Waals surface area (Å²) in [6.07, 6.45) is 0. The quantitative estimate of drug-likeness (QED) is 0.798. The van der Waals surface area contributed by atoms with Gasteiger partial charge in [-0.3, -0.25) is 9.59 Å². The first-order valence-electron chi connectivity index (χ1n) is 8.07. The van der Waals surface area contributed by atoms with E-state index >= 15 is 0 Å². The third kappa shape index (κ3) is 3.50. The highest BCUT2D eigenvalue weighted by atomic mass is 16.5. The molecule has 0 aliphatic carbocycles. The molecule has 0 spiro atoms. The zero-order valence-corrected chi connectivity index (χ0v) is 15.6. The fourth-order valence-corrected chi connectivity index (χ4v) is 2.28. The molecule has 1 aromatic carbocycles. The summed E-state index contributed by atoms with van der Waals surface area (Å²) in [7, 11) is 1.59. The summed E-state index contributed by atoms with van der Waals surface area (Å²) in [6.45, 7) is 11.3. The number of carbonyl (C=O) groups is 2. The number of benzene rings is 1. The Hall–Kier alpha value is -2.17. The Morgan fingerprint density at radius 3 is 2.21 bits per heavy atom. The molecule has 0 amide bonds. The smallest absolute Gasteiger partial charge is 0.203 e. The fourth-order valence-electron chi connectivity index (χ4n) is 2.28. The molecule has 5 nitrogen and oxygen atoms in total. The maximum Gasteiger partial charge on any atom is 0.203 e. The number of ether oxygens (including phenoxy) is 1. The Balaban J connectivity index is 2.66. The predicted molar refractivity (Wildman–Crippen MR) is 94.5 cm³/mol. The predicted octanol–water partition coefficient (Wildman–Crippen LogP) is 3.89. The molecule has 0 saturated carbocycles. The van der Waals surface area contributed by atoms with Crippen LogP contribution >= 0.6 is 0 Å². The van der Waals surface area contributed by atoms with Gasteiger partial charge in [-0.25, -0.2) is 4.98 Å². The van der Waals surface area contributed by atoms with Crippen molar-refractivity contribution in [2.45, 2.75) is 48.1 Å². The number of hydrogen-bond donors (Lipinski definition) is 0. The van der Waals surface area contributed by atoms with Crippen LogP contribution in [0.5, 0.6) is 5.75 Å². The van der Waals surface area contributed by atoms with Crippen molar-refractivity contribution in [3.05, 3.63) is 24.0 Å². The maximum absolute atomic E-state index is 12.8. The minimum Gasteiger partial charge on any atom is -0.497 e. The van der Waals surface area contributed by atoms with Gasteiger partial charge in [-0.1, -0.05) is 41.5 Å². The summed E-state index contributed by atoms with van der Waals surface area (Å²) in [4.78, 5) is 29.9. The van der Waals surface area contributed by atoms with E-state index in [4.69, 9.17) is 4.74 Å². The van der Waals surface area contributed by atoms with Crippen molar-refractivity contribution in [3.63, 3.8) is 0 Å². The second kappa shape index (κ2) is 6.04. The number of fused-ring (bicyclic) bond motifs is 1. The third-order valence-corrected chi connectivity index (χ3v) is 3.98. The van der Waals surface area contributed by atoms with E-state index in [-0.39, 0.29) is 18.1 Å². The van der Waals surface area contributed by atoms with E-state index in [2.05, 4.69) is 4.98 Å². The number of hydrogen-bond acceptors (Lipinski definition) is 4. The van der Waals surface area contributed by atoms with Gasteiger partial charge in [-0.2, -0.15) is 0 Å². The molecule has 130 valence electrons. The minimum atomic E-state index is -0.575. The molecule has 5 heteroatoms. The molecule has 0 aliphatic heterocycles. The van der Waals surface area contributed by atoms with Gasteiger partial charge in [0.25, 0.3) is 0 Å². The Kier molecular flexibility index (Phi) is 4.57. The van der Waals surface area contributed by atoms with Crippen molar-refractivity contribution in [3.8, 4) is 5.75 Å². The Labute approximate surface area is 143 Å². The summed E-state index contributed by atoms with van der Waals surface area (Å²) in [5.74, 6) is 0.955. The van der Waals surface area contributed by atoms with Gasteiger partial charge in [0.1, 0.15) is 5.75 Å². The van der Waals surface area contributed by atoms with Crippen LogP contribution < -0.4 is 4.74 Å². The van der Waals surface area contributed by atoms with Gasteiger partial charge < -0.3 is 9.30 Å². The summed E-state index contributed by atoms with van der Waals surface area (Å²) in [6, 6.07) is 5.43. The van der Waals surface area contributed by atoms with Crippen LogP contribution in [0.1, 0.15) is 52.2 Å². The monoisotopic (exact) mass is 330 g/mol. The molecular formula is C19H26N2O3. The van der Waals surface area contributed by atoms with Crippen molar-refractivity contribution < 1.29 is 14.3 Å². The fraction of sp³-hybridized carbons (Fsp3) is 0.526. The number of ketones is 2. The van der Waals surface area contributed by atoms with Crippen LogP contribution in [0.3, 0.4) is 0 Å². The molecule has 0 N–H and O–H groups in total. The molecule has 2 rings (SSSR count). The first-order valence-corrected chi connectivity index (χ1v) is 8.07. The van der Waals surface area contributed by atoms with E-state index in [0.29, 0.717) is 17.1 Å². The normalized spacial score (nSPS) is 12.5. The second-order valence-electron chi connectivity index (χ2n) is 8.13. The average molecular weight is 330 g/mol. The minimum absolute atomic E-state index is 0.0487. The number of imidazole rings is 1. The molecule has 0 radical (unpaired) electrons. The van der Waals surface area contributed by atoms with Gasteiger partial charge >= 0.3 is 0 Å². The van der Waals surface area contributed by atoms with Gasteiger partial charge in [0, 0.05) is 16.9 Å². The number of methoxy groups -OCH3 is 1. The van der Waals surface area contributed by atoms with Crippen LogP contribution in [0.15, 0.2) is 18.2 Å². The highest BCUT2D eigenvalue weighted by molar-refractivity contribution is 6.00. The first kappa shape index (κ1) is 18.2. The molecule has 0 aliphatic rings. The molecule has 0 fully saturated rings. The van der Waals surface area contributed by atoms with Crippen molar-refractivity contribution in [1.29, 1.82) is 0 Å². The van der Waals surface area contributed by atoms with E-state index in [0.717, 1.165) is 5.52 Å². The number of carbonyl (C=O) groups excluding carboxylic acids is 2. The zero-order chi connectivity index (χ0) is 18.3. The first-order chi connectivity index (χ1) is 10.9. The van der Waals surface area contributed by atoms with Crippen molar-refractivity contribution in [2.75, 3.05) is 7.11 Å². The largest absolute Gasteiger partial charge is 0.497 e. The van der Waals surface area contributed by atoms with Gasteiger partial charge in [0.15, 0.2) is 11.6 Å². The number of nitrogens with zero attached hydrogens (tertiary/aromatic N) is 2. The highest BCUT2D eigenvalue weighted by Gasteiger charge is 2.30. The summed E-state index contributed by atoms with van der Waals surface area (Å²) in [5.41, 5.74) is 0.357. The average Bonchev–Trinajstić information content (AvgIpc) is 2.82. The molecule has 1 aromatic heterocycles. The second-order valence-corrected chi connectivity index (χ2v) is 8.13. The molecule has 24 heavy (non-hydrogen) atoms. The molecule has 2 aromatic rings. The lowest BCUT2D eigenvalue weighted by Gasteiger charge is -2.20. The zero-order valence-electron chi connectivity index (χ0n) is 15.6. The lowest BCUT2D eigenvalue weighted by Crippen LogP contribution is -2.29. The van der Waals surface area contributed by atoms with Gasteiger partial charge in [-0.15, -0.1) is 0 Å². The van der Waals surface area contributed by atoms with E-state index in [1.807, 2.05) is 53.7 Å². The molecule has 0 saturated heterocycles. The summed E-state index contributed by atoms with van der Waals surface area (Å²) < 4.78 is 7.00. The number of rotatable bonds is 4. The molecule has 0 bridgehead atoms. The SMILES string of the molecule is COc1ccc2nc(C(=O)C(C)(C)C)n(CC(=O)C(C)(C)C)c2c1.